The Bertz CT molecular complexity index is 1700. The fraction of sp³-hybridized carbons (Fsp3) is 0.486. The van der Waals surface area contributed by atoms with E-state index in [-0.39, 0.29) is 43.4 Å². The number of carbonyl (C=O) groups is 3. The molecule has 0 unspecified atom stereocenters. The SMILES string of the molecule is COCc1nc(CN2C(=O)CN([C@H](C(=O)N[C@@H](Cc3ccccc3)[C@H](O)CN(CC(C)C)S(=O)(=O)c3ccc(OC)cc3)C(C)C)C2=O)cs1. The van der Waals surface area contributed by atoms with Crippen molar-refractivity contribution in [2.75, 3.05) is 33.9 Å². The Morgan fingerprint density at radius 2 is 1.72 bits per heavy atom. The molecule has 50 heavy (non-hydrogen) atoms. The zero-order valence-electron chi connectivity index (χ0n) is 29.3. The molecule has 272 valence electrons. The molecule has 1 aromatic heterocycles. The van der Waals surface area contributed by atoms with E-state index in [1.54, 1.807) is 38.5 Å². The van der Waals surface area contributed by atoms with E-state index in [9.17, 15) is 27.9 Å². The van der Waals surface area contributed by atoms with E-state index in [4.69, 9.17) is 9.47 Å². The van der Waals surface area contributed by atoms with Gasteiger partial charge in [-0.2, -0.15) is 4.31 Å². The summed E-state index contributed by atoms with van der Waals surface area (Å²) in [5, 5.41) is 17.1. The number of urea groups is 1. The lowest BCUT2D eigenvalue weighted by Gasteiger charge is -2.34. The molecule has 4 rings (SSSR count). The number of nitrogens with zero attached hydrogens (tertiary/aromatic N) is 4. The molecule has 13 nitrogen and oxygen atoms in total. The lowest BCUT2D eigenvalue weighted by atomic mass is 9.97. The number of aromatic nitrogens is 1. The maximum atomic E-state index is 14.1. The van der Waals surface area contributed by atoms with E-state index in [1.165, 1.54) is 39.8 Å². The summed E-state index contributed by atoms with van der Waals surface area (Å²) >= 11 is 1.36. The second-order valence-electron chi connectivity index (χ2n) is 13.0. The number of sulfonamides is 1. The Labute approximate surface area is 298 Å². The zero-order chi connectivity index (χ0) is 36.6. The number of hydrogen-bond donors (Lipinski definition) is 2. The van der Waals surface area contributed by atoms with Gasteiger partial charge in [-0.05, 0) is 48.1 Å². The van der Waals surface area contributed by atoms with Gasteiger partial charge < -0.3 is 24.8 Å². The number of aliphatic hydroxyl groups excluding tert-OH is 1. The average Bonchev–Trinajstić information content (AvgIpc) is 3.63. The van der Waals surface area contributed by atoms with Gasteiger partial charge in [0.15, 0.2) is 0 Å². The Kier molecular flexibility index (Phi) is 13.5. The van der Waals surface area contributed by atoms with Gasteiger partial charge in [-0.25, -0.2) is 18.2 Å². The zero-order valence-corrected chi connectivity index (χ0v) is 30.9. The summed E-state index contributed by atoms with van der Waals surface area (Å²) in [7, 11) is -0.998. The topological polar surface area (TPSA) is 159 Å². The third-order valence-electron chi connectivity index (χ3n) is 8.25. The maximum Gasteiger partial charge on any atom is 0.328 e. The Hall–Kier alpha value is -3.89. The Morgan fingerprint density at radius 3 is 2.32 bits per heavy atom. The second-order valence-corrected chi connectivity index (χ2v) is 15.9. The van der Waals surface area contributed by atoms with Crippen LogP contribution >= 0.6 is 11.3 Å². The van der Waals surface area contributed by atoms with Gasteiger partial charge in [-0.15, -0.1) is 11.3 Å². The van der Waals surface area contributed by atoms with Crippen LogP contribution in [0.4, 0.5) is 4.79 Å². The van der Waals surface area contributed by atoms with Gasteiger partial charge >= 0.3 is 6.03 Å². The molecule has 3 atom stereocenters. The third kappa shape index (κ3) is 9.66. The second kappa shape index (κ2) is 17.4. The summed E-state index contributed by atoms with van der Waals surface area (Å²) in [4.78, 5) is 47.6. The number of carbonyl (C=O) groups excluding carboxylic acids is 3. The van der Waals surface area contributed by atoms with Crippen LogP contribution in [-0.2, 0) is 43.9 Å². The molecule has 1 aliphatic rings. The highest BCUT2D eigenvalue weighted by atomic mass is 32.2. The number of benzene rings is 2. The number of ether oxygens (including phenoxy) is 2. The van der Waals surface area contributed by atoms with E-state index >= 15 is 0 Å². The smallest absolute Gasteiger partial charge is 0.328 e. The summed E-state index contributed by atoms with van der Waals surface area (Å²) in [5.41, 5.74) is 1.35. The Morgan fingerprint density at radius 1 is 1.04 bits per heavy atom. The van der Waals surface area contributed by atoms with Crippen LogP contribution in [0.15, 0.2) is 64.9 Å². The monoisotopic (exact) mass is 729 g/mol. The molecule has 2 N–H and O–H groups in total. The average molecular weight is 730 g/mol. The number of methoxy groups -OCH3 is 2. The van der Waals surface area contributed by atoms with Crippen LogP contribution in [0.25, 0.3) is 0 Å². The highest BCUT2D eigenvalue weighted by Crippen LogP contribution is 2.24. The minimum atomic E-state index is -4.04. The summed E-state index contributed by atoms with van der Waals surface area (Å²) < 4.78 is 39.2. The van der Waals surface area contributed by atoms with Crippen LogP contribution in [0, 0.1) is 11.8 Å². The predicted octanol–water partition coefficient (Wildman–Crippen LogP) is 3.52. The van der Waals surface area contributed by atoms with E-state index in [1.807, 2.05) is 44.2 Å². The lowest BCUT2D eigenvalue weighted by Crippen LogP contribution is -2.57. The van der Waals surface area contributed by atoms with E-state index in [2.05, 4.69) is 10.3 Å². The first-order valence-electron chi connectivity index (χ1n) is 16.4. The van der Waals surface area contributed by atoms with Crippen LogP contribution in [0.5, 0.6) is 5.75 Å². The van der Waals surface area contributed by atoms with Gasteiger partial charge in [-0.1, -0.05) is 58.0 Å². The van der Waals surface area contributed by atoms with E-state index < -0.39 is 52.0 Å². The molecule has 15 heteroatoms. The summed E-state index contributed by atoms with van der Waals surface area (Å²) in [5.74, 6) is -0.983. The quantitative estimate of drug-likeness (QED) is 0.187. The molecular weight excluding hydrogens is 683 g/mol. The van der Waals surface area contributed by atoms with Crippen LogP contribution in [0.3, 0.4) is 0 Å². The molecule has 3 aromatic rings. The normalized spacial score (nSPS) is 15.6. The Balaban J connectivity index is 1.57. The minimum absolute atomic E-state index is 0.0372. The fourth-order valence-electron chi connectivity index (χ4n) is 5.84. The summed E-state index contributed by atoms with van der Waals surface area (Å²) in [6.45, 7) is 7.11. The molecule has 2 aromatic carbocycles. The van der Waals surface area contributed by atoms with Crippen molar-refractivity contribution in [1.29, 1.82) is 0 Å². The van der Waals surface area contributed by atoms with Crippen LogP contribution < -0.4 is 10.1 Å². The number of hydrogen-bond acceptors (Lipinski definition) is 10. The van der Waals surface area contributed by atoms with Crippen molar-refractivity contribution in [2.24, 2.45) is 11.8 Å². The molecule has 2 heterocycles. The van der Waals surface area contributed by atoms with Crippen molar-refractivity contribution in [1.82, 2.24) is 24.4 Å². The number of thiazole rings is 1. The molecule has 0 radical (unpaired) electrons. The lowest BCUT2D eigenvalue weighted by molar-refractivity contribution is -0.129. The van der Waals surface area contributed by atoms with Crippen molar-refractivity contribution in [3.05, 3.63) is 76.2 Å². The third-order valence-corrected chi connectivity index (χ3v) is 11.0. The maximum absolute atomic E-state index is 14.1. The first kappa shape index (κ1) is 38.9. The highest BCUT2D eigenvalue weighted by Gasteiger charge is 2.44. The van der Waals surface area contributed by atoms with Crippen molar-refractivity contribution in [3.8, 4) is 5.75 Å². The van der Waals surface area contributed by atoms with Crippen LogP contribution in [0.2, 0.25) is 0 Å². The molecule has 1 fully saturated rings. The first-order valence-corrected chi connectivity index (χ1v) is 18.8. The van der Waals surface area contributed by atoms with Gasteiger partial charge in [0.2, 0.25) is 15.9 Å². The molecular formula is C35H47N5O8S2. The van der Waals surface area contributed by atoms with Crippen molar-refractivity contribution < 1.29 is 37.4 Å². The number of rotatable bonds is 18. The van der Waals surface area contributed by atoms with Crippen molar-refractivity contribution in [3.63, 3.8) is 0 Å². The van der Waals surface area contributed by atoms with Gasteiger partial charge in [0, 0.05) is 25.6 Å². The van der Waals surface area contributed by atoms with Gasteiger partial charge in [0.05, 0.1) is 43.0 Å². The number of nitrogens with one attached hydrogen (secondary N) is 1. The molecule has 1 saturated heterocycles. The van der Waals surface area contributed by atoms with Crippen molar-refractivity contribution >= 4 is 39.2 Å². The molecule has 0 aliphatic carbocycles. The molecule has 0 bridgehead atoms. The molecule has 1 aliphatic heterocycles. The molecule has 4 amide bonds. The standard InChI is InChI=1S/C35H47N5O8S2/c1-23(2)17-38(50(45,46)28-14-12-27(48-6)13-15-28)19-30(41)29(16-25-10-8-7-9-11-25)37-34(43)33(24(3)4)40-20-32(42)39(35(40)44)18-26-22-49-31(36-26)21-47-5/h7-15,22-24,29-30,33,41H,16-21H2,1-6H3,(H,37,43)/t29-,30+,33-/m0/s1. The predicted molar refractivity (Wildman–Crippen MR) is 189 cm³/mol. The number of imide groups is 1. The highest BCUT2D eigenvalue weighted by molar-refractivity contribution is 7.89. The molecule has 0 saturated carbocycles. The van der Waals surface area contributed by atoms with E-state index in [0.717, 1.165) is 10.5 Å². The minimum Gasteiger partial charge on any atom is -0.497 e. The summed E-state index contributed by atoms with van der Waals surface area (Å²) in [6, 6.07) is 12.6. The van der Waals surface area contributed by atoms with Gasteiger partial charge in [0.1, 0.15) is 23.3 Å². The van der Waals surface area contributed by atoms with Crippen LogP contribution in [0.1, 0.15) is 44.0 Å². The molecule has 0 spiro atoms. The number of amides is 4. The van der Waals surface area contributed by atoms with E-state index in [0.29, 0.717) is 23.1 Å². The number of aliphatic hydroxyl groups is 1. The fourth-order valence-corrected chi connectivity index (χ4v) is 8.22. The summed E-state index contributed by atoms with van der Waals surface area (Å²) in [6.07, 6.45) is -1.15. The van der Waals surface area contributed by atoms with Crippen LogP contribution in [-0.4, -0.2) is 103 Å². The first-order chi connectivity index (χ1) is 23.7. The van der Waals surface area contributed by atoms with Gasteiger partial charge in [0.25, 0.3) is 5.91 Å². The largest absolute Gasteiger partial charge is 0.497 e. The van der Waals surface area contributed by atoms with Crippen molar-refractivity contribution in [2.45, 2.75) is 70.4 Å². The van der Waals surface area contributed by atoms with Gasteiger partial charge in [-0.3, -0.25) is 14.5 Å².